The molecule has 14 nitrogen and oxygen atoms in total. The lowest BCUT2D eigenvalue weighted by Gasteiger charge is -2.70. The highest BCUT2D eigenvalue weighted by Gasteiger charge is 2.69. The molecule has 5 fully saturated rings. The number of hydrogen-bond acceptors (Lipinski definition) is 14. The van der Waals surface area contributed by atoms with Gasteiger partial charge < -0.3 is 70.0 Å². The van der Waals surface area contributed by atoms with E-state index in [-0.39, 0.29) is 47.9 Å². The van der Waals surface area contributed by atoms with Crippen molar-refractivity contribution in [2.75, 3.05) is 26.4 Å². The Morgan fingerprint density at radius 2 is 1.43 bits per heavy atom. The third-order valence-electron chi connectivity index (χ3n) is 17.1. The lowest BCUT2D eigenvalue weighted by atomic mass is 9.35. The Bertz CT molecular complexity index is 1520. The van der Waals surface area contributed by atoms with Crippen LogP contribution in [0.1, 0.15) is 92.9 Å². The Labute approximate surface area is 330 Å². The highest BCUT2D eigenvalue weighted by atomic mass is 16.7. The van der Waals surface area contributed by atoms with Crippen molar-refractivity contribution in [3.8, 4) is 0 Å². The van der Waals surface area contributed by atoms with Crippen molar-refractivity contribution >= 4 is 0 Å². The number of fused-ring (bicyclic) bond motifs is 6. The van der Waals surface area contributed by atoms with Crippen LogP contribution >= 0.6 is 0 Å². The Morgan fingerprint density at radius 3 is 2.07 bits per heavy atom. The quantitative estimate of drug-likeness (QED) is 0.152. The van der Waals surface area contributed by atoms with Crippen molar-refractivity contribution in [2.45, 2.75) is 167 Å². The predicted molar refractivity (Wildman–Crippen MR) is 200 cm³/mol. The van der Waals surface area contributed by atoms with Gasteiger partial charge in [0.05, 0.1) is 38.1 Å². The first-order valence-corrected chi connectivity index (χ1v) is 20.8. The minimum absolute atomic E-state index is 0.0124. The molecule has 20 atom stereocenters. The lowest BCUT2D eigenvalue weighted by Crippen LogP contribution is -2.67. The molecule has 3 saturated carbocycles. The van der Waals surface area contributed by atoms with Crippen LogP contribution in [-0.2, 0) is 18.9 Å². The highest BCUT2D eigenvalue weighted by molar-refractivity contribution is 5.47. The van der Waals surface area contributed by atoms with E-state index in [1.807, 2.05) is 6.92 Å². The van der Waals surface area contributed by atoms with Crippen molar-refractivity contribution < 1.29 is 70.0 Å². The van der Waals surface area contributed by atoms with E-state index in [1.54, 1.807) is 6.92 Å². The first kappa shape index (κ1) is 43.0. The molecule has 10 N–H and O–H groups in total. The fourth-order valence-corrected chi connectivity index (χ4v) is 13.1. The van der Waals surface area contributed by atoms with E-state index >= 15 is 0 Å². The minimum Gasteiger partial charge on any atom is -0.396 e. The van der Waals surface area contributed by atoms with Crippen molar-refractivity contribution in [2.24, 2.45) is 44.3 Å². The van der Waals surface area contributed by atoms with Gasteiger partial charge in [0.25, 0.3) is 0 Å². The Kier molecular flexibility index (Phi) is 11.4. The molecule has 0 aromatic rings. The van der Waals surface area contributed by atoms with Gasteiger partial charge in [0, 0.05) is 22.9 Å². The van der Waals surface area contributed by atoms with Crippen molar-refractivity contribution in [1.29, 1.82) is 0 Å². The second-order valence-corrected chi connectivity index (χ2v) is 20.1. The predicted octanol–water partition coefficient (Wildman–Crippen LogP) is 0.653. The van der Waals surface area contributed by atoms with Gasteiger partial charge in [-0.05, 0) is 91.9 Å². The molecule has 7 aliphatic rings. The van der Waals surface area contributed by atoms with Crippen LogP contribution in [0.25, 0.3) is 0 Å². The molecule has 0 bridgehead atoms. The maximum atomic E-state index is 12.0. The Balaban J connectivity index is 1.15. The zero-order valence-corrected chi connectivity index (χ0v) is 33.8. The lowest BCUT2D eigenvalue weighted by molar-refractivity contribution is -0.367. The third-order valence-corrected chi connectivity index (χ3v) is 17.1. The zero-order valence-electron chi connectivity index (χ0n) is 33.8. The van der Waals surface area contributed by atoms with Crippen LogP contribution in [0, 0.1) is 44.3 Å². The molecular formula is C42H68O14. The summed E-state index contributed by atoms with van der Waals surface area (Å²) in [7, 11) is 0. The van der Waals surface area contributed by atoms with Gasteiger partial charge in [-0.15, -0.1) is 0 Å². The molecule has 0 spiro atoms. The van der Waals surface area contributed by atoms with Gasteiger partial charge in [0.1, 0.15) is 42.7 Å². The smallest absolute Gasteiger partial charge is 0.187 e. The summed E-state index contributed by atoms with van der Waals surface area (Å²) in [4.78, 5) is 0. The first-order valence-electron chi connectivity index (χ1n) is 20.8. The second-order valence-electron chi connectivity index (χ2n) is 20.1. The van der Waals surface area contributed by atoms with Crippen LogP contribution in [0.5, 0.6) is 0 Å². The summed E-state index contributed by atoms with van der Waals surface area (Å²) in [6.45, 7) is 11.7. The van der Waals surface area contributed by atoms with Gasteiger partial charge in [-0.1, -0.05) is 52.3 Å². The standard InChI is InChI=1S/C42H68O14/c1-21-29(48)34(56-35-32(51)31(50)30(49)24(17-43)54-35)33(52)36(53-21)55-28-10-11-38(3)25(39(28,4)19-45)9-12-40(5)26(38)8-7-22-23-15-37(2,18-44)13-14-42(23,20-46)27(47)16-41(22,40)6/h7-8,21,24-36,43-52H,9-20H2,1-6H3/t21-,24+,25+,26-,27+,28-,29-,30-,31+,32+,33+,34-,35+,36-,37+,38-,39-,40+,41+,42+/m1/s1. The molecule has 2 aliphatic heterocycles. The van der Waals surface area contributed by atoms with Crippen LogP contribution in [0.3, 0.4) is 0 Å². The molecular weight excluding hydrogens is 728 g/mol. The van der Waals surface area contributed by atoms with Crippen LogP contribution in [0.4, 0.5) is 0 Å². The Morgan fingerprint density at radius 1 is 0.732 bits per heavy atom. The van der Waals surface area contributed by atoms with Crippen LogP contribution in [0.15, 0.2) is 23.3 Å². The van der Waals surface area contributed by atoms with E-state index in [0.29, 0.717) is 25.7 Å². The van der Waals surface area contributed by atoms with E-state index in [0.717, 1.165) is 31.3 Å². The average molecular weight is 797 g/mol. The van der Waals surface area contributed by atoms with Crippen LogP contribution in [0.2, 0.25) is 0 Å². The SMILES string of the molecule is C[C@H]1O[C@H](O[C@@H]2CC[C@]3(C)[C@H](CC[C@@]4(C)[C@@H]3C=CC3=C5C[C@@](C)(CO)CC[C@@]5(CO)[C@@H](O)C[C@@]34C)[C@@]2(C)CO)[C@@H](O)[C@H](O[C@@H]2O[C@@H](CO)[C@@H](O)[C@H](O)[C@@H]2O)[C@@H]1O. The van der Waals surface area contributed by atoms with Crippen LogP contribution < -0.4 is 0 Å². The normalized spacial score (nSPS) is 55.9. The molecule has 0 aromatic heterocycles. The third kappa shape index (κ3) is 6.10. The van der Waals surface area contributed by atoms with Gasteiger partial charge in [0.15, 0.2) is 12.6 Å². The van der Waals surface area contributed by atoms with E-state index in [4.69, 9.17) is 18.9 Å². The minimum atomic E-state index is -1.74. The van der Waals surface area contributed by atoms with Gasteiger partial charge in [-0.2, -0.15) is 0 Å². The van der Waals surface area contributed by atoms with Gasteiger partial charge in [0.2, 0.25) is 0 Å². The summed E-state index contributed by atoms with van der Waals surface area (Å²) in [5, 5.41) is 108. The van der Waals surface area contributed by atoms with E-state index < -0.39 is 96.5 Å². The number of ether oxygens (including phenoxy) is 4. The first-order chi connectivity index (χ1) is 26.2. The van der Waals surface area contributed by atoms with E-state index in [9.17, 15) is 51.1 Å². The molecule has 0 radical (unpaired) electrons. The molecule has 7 rings (SSSR count). The second kappa shape index (κ2) is 14.8. The number of rotatable bonds is 8. The molecule has 0 amide bonds. The molecule has 2 heterocycles. The number of hydrogen-bond donors (Lipinski definition) is 10. The number of aliphatic hydroxyl groups excluding tert-OH is 10. The highest BCUT2D eigenvalue weighted by Crippen LogP contribution is 2.74. The average Bonchev–Trinajstić information content (AvgIpc) is 3.17. The fourth-order valence-electron chi connectivity index (χ4n) is 13.1. The molecule has 320 valence electrons. The number of aliphatic hydroxyl groups is 10. The summed E-state index contributed by atoms with van der Waals surface area (Å²) in [5.41, 5.74) is -0.498. The largest absolute Gasteiger partial charge is 0.396 e. The van der Waals surface area contributed by atoms with E-state index in [2.05, 4.69) is 39.8 Å². The van der Waals surface area contributed by atoms with Gasteiger partial charge in [-0.25, -0.2) is 0 Å². The summed E-state index contributed by atoms with van der Waals surface area (Å²) in [5.74, 6) is 0.0705. The molecule has 14 heteroatoms. The molecule has 0 unspecified atom stereocenters. The molecule has 2 saturated heterocycles. The maximum absolute atomic E-state index is 12.0. The topological polar surface area (TPSA) is 239 Å². The fraction of sp³-hybridized carbons (Fsp3) is 0.905. The molecule has 56 heavy (non-hydrogen) atoms. The van der Waals surface area contributed by atoms with Gasteiger partial charge >= 0.3 is 0 Å². The summed E-state index contributed by atoms with van der Waals surface area (Å²) in [6.07, 6.45) is -5.79. The van der Waals surface area contributed by atoms with E-state index in [1.165, 1.54) is 5.57 Å². The zero-order chi connectivity index (χ0) is 41.0. The summed E-state index contributed by atoms with van der Waals surface area (Å²) >= 11 is 0. The Hall–Kier alpha value is -1.08. The maximum Gasteiger partial charge on any atom is 0.187 e. The summed E-state index contributed by atoms with van der Waals surface area (Å²) < 4.78 is 24.0. The van der Waals surface area contributed by atoms with Crippen molar-refractivity contribution in [3.63, 3.8) is 0 Å². The molecule has 5 aliphatic carbocycles. The van der Waals surface area contributed by atoms with Crippen LogP contribution in [-0.4, -0.2) is 151 Å². The number of allylic oxidation sites excluding steroid dienone is 3. The van der Waals surface area contributed by atoms with Crippen molar-refractivity contribution in [1.82, 2.24) is 0 Å². The summed E-state index contributed by atoms with van der Waals surface area (Å²) in [6, 6.07) is 0. The van der Waals surface area contributed by atoms with Crippen molar-refractivity contribution in [3.05, 3.63) is 23.3 Å². The monoisotopic (exact) mass is 796 g/mol. The van der Waals surface area contributed by atoms with Gasteiger partial charge in [-0.3, -0.25) is 0 Å². The molecule has 0 aromatic carbocycles.